The summed E-state index contributed by atoms with van der Waals surface area (Å²) in [5, 5.41) is 3.25. The summed E-state index contributed by atoms with van der Waals surface area (Å²) in [6.45, 7) is 4.74. The van der Waals surface area contributed by atoms with Crippen molar-refractivity contribution >= 4 is 39.8 Å². The summed E-state index contributed by atoms with van der Waals surface area (Å²) < 4.78 is 23.7. The van der Waals surface area contributed by atoms with E-state index in [9.17, 15) is 14.4 Å². The Kier molecular flexibility index (Phi) is 8.79. The second-order valence-electron chi connectivity index (χ2n) is 9.96. The predicted octanol–water partition coefficient (Wildman–Crippen LogP) is 3.54. The molecule has 0 aliphatic carbocycles. The molecule has 0 saturated carbocycles. The molecule has 3 aromatic rings. The summed E-state index contributed by atoms with van der Waals surface area (Å²) in [7, 11) is 4.46. The van der Waals surface area contributed by atoms with E-state index in [2.05, 4.69) is 5.32 Å². The number of benzene rings is 2. The van der Waals surface area contributed by atoms with Crippen LogP contribution in [0.5, 0.6) is 17.2 Å². The number of methoxy groups -OCH3 is 3. The lowest BCUT2D eigenvalue weighted by Crippen LogP contribution is -2.33. The Morgan fingerprint density at radius 3 is 2.25 bits per heavy atom. The van der Waals surface area contributed by atoms with Crippen molar-refractivity contribution in [1.29, 1.82) is 0 Å². The number of aromatic nitrogens is 1. The zero-order valence-electron chi connectivity index (χ0n) is 23.4. The fourth-order valence-corrected chi connectivity index (χ4v) is 4.96. The highest BCUT2D eigenvalue weighted by atomic mass is 16.5. The third-order valence-electron chi connectivity index (χ3n) is 6.76. The van der Waals surface area contributed by atoms with Crippen LogP contribution in [0.1, 0.15) is 37.8 Å². The van der Waals surface area contributed by atoms with E-state index in [-0.39, 0.29) is 17.8 Å². The predicted molar refractivity (Wildman–Crippen MR) is 151 cm³/mol. The Bertz CT molecular complexity index is 1450. The van der Waals surface area contributed by atoms with Crippen molar-refractivity contribution < 1.29 is 33.3 Å². The van der Waals surface area contributed by atoms with E-state index >= 15 is 0 Å². The molecule has 1 aliphatic rings. The first-order valence-corrected chi connectivity index (χ1v) is 13.1. The Labute approximate surface area is 233 Å². The van der Waals surface area contributed by atoms with Crippen molar-refractivity contribution in [1.82, 2.24) is 9.88 Å². The monoisotopic (exact) mass is 549 g/mol. The topological polar surface area (TPSA) is 131 Å². The number of hydrogen-bond acceptors (Lipinski definition) is 8. The molecule has 1 unspecified atom stereocenters. The molecule has 1 atom stereocenters. The lowest BCUT2D eigenvalue weighted by molar-refractivity contribution is -0.145. The van der Waals surface area contributed by atoms with Gasteiger partial charge in [-0.1, -0.05) is 32.0 Å². The van der Waals surface area contributed by atoms with E-state index in [4.69, 9.17) is 24.7 Å². The number of nitrogens with zero attached hydrogens (tertiary/aromatic N) is 1. The van der Waals surface area contributed by atoms with Crippen LogP contribution < -0.4 is 25.3 Å². The highest BCUT2D eigenvalue weighted by Crippen LogP contribution is 2.43. The molecule has 0 radical (unpaired) electrons. The van der Waals surface area contributed by atoms with E-state index < -0.39 is 23.8 Å². The molecule has 2 amide bonds. The van der Waals surface area contributed by atoms with E-state index in [0.29, 0.717) is 53.7 Å². The number of amides is 2. The number of nitrogens with two attached hydrogens (primary N) is 1. The highest BCUT2D eigenvalue weighted by molar-refractivity contribution is 6.50. The summed E-state index contributed by atoms with van der Waals surface area (Å²) in [6.07, 6.45) is 2.96. The van der Waals surface area contributed by atoms with E-state index in [0.717, 1.165) is 10.9 Å². The van der Waals surface area contributed by atoms with Gasteiger partial charge in [-0.15, -0.1) is 0 Å². The van der Waals surface area contributed by atoms with Crippen molar-refractivity contribution in [2.75, 3.05) is 27.9 Å². The Morgan fingerprint density at radius 1 is 0.975 bits per heavy atom. The maximum atomic E-state index is 13.2. The van der Waals surface area contributed by atoms with Gasteiger partial charge in [0.2, 0.25) is 5.75 Å². The number of esters is 1. The number of carbonyl (C=O) groups excluding carboxylic acids is 3. The summed E-state index contributed by atoms with van der Waals surface area (Å²) in [5.41, 5.74) is 8.32. The zero-order chi connectivity index (χ0) is 29.0. The van der Waals surface area contributed by atoms with Gasteiger partial charge in [-0.3, -0.25) is 19.7 Å². The van der Waals surface area contributed by atoms with Gasteiger partial charge in [-0.2, -0.15) is 0 Å². The van der Waals surface area contributed by atoms with Gasteiger partial charge in [-0.25, -0.2) is 0 Å². The van der Waals surface area contributed by atoms with Gasteiger partial charge in [0.25, 0.3) is 11.8 Å². The van der Waals surface area contributed by atoms with E-state index in [1.807, 2.05) is 48.9 Å². The van der Waals surface area contributed by atoms with Gasteiger partial charge in [-0.05, 0) is 42.5 Å². The molecule has 212 valence electrons. The van der Waals surface area contributed by atoms with Crippen LogP contribution in [0.3, 0.4) is 0 Å². The van der Waals surface area contributed by atoms with Crippen LogP contribution in [-0.4, -0.2) is 56.3 Å². The van der Waals surface area contributed by atoms with Gasteiger partial charge in [0.05, 0.1) is 39.1 Å². The molecule has 10 heteroatoms. The van der Waals surface area contributed by atoms with E-state index in [1.165, 1.54) is 21.3 Å². The van der Waals surface area contributed by atoms with Crippen molar-refractivity contribution in [3.63, 3.8) is 0 Å². The van der Waals surface area contributed by atoms with Gasteiger partial charge < -0.3 is 29.2 Å². The molecule has 2 heterocycles. The number of rotatable bonds is 12. The smallest absolute Gasteiger partial charge is 0.322 e. The molecule has 0 bridgehead atoms. The van der Waals surface area contributed by atoms with E-state index in [1.54, 1.807) is 12.1 Å². The van der Waals surface area contributed by atoms with Gasteiger partial charge in [0.15, 0.2) is 11.5 Å². The molecule has 4 rings (SSSR count). The molecule has 40 heavy (non-hydrogen) atoms. The van der Waals surface area contributed by atoms with Gasteiger partial charge in [0, 0.05) is 29.2 Å². The maximum absolute atomic E-state index is 13.2. The average molecular weight is 550 g/mol. The molecule has 0 saturated heterocycles. The number of nitrogens with one attached hydrogen (secondary N) is 1. The molecular formula is C30H35N3O7. The Morgan fingerprint density at radius 2 is 1.62 bits per heavy atom. The summed E-state index contributed by atoms with van der Waals surface area (Å²) >= 11 is 0. The number of ether oxygens (including phenoxy) is 4. The SMILES string of the molecule is COc1cc(C2=C(c3cn(CCCOC(=O)C(N)CC(C)C)c4ccccc34)C(=O)NC2=O)cc(OC)c1OC. The second kappa shape index (κ2) is 12.3. The largest absolute Gasteiger partial charge is 0.493 e. The molecule has 0 fully saturated rings. The first-order valence-electron chi connectivity index (χ1n) is 13.1. The van der Waals surface area contributed by atoms with Crippen LogP contribution in [0.4, 0.5) is 0 Å². The minimum atomic E-state index is -0.641. The Balaban J connectivity index is 1.70. The normalized spacial score (nSPS) is 14.1. The van der Waals surface area contributed by atoms with Crippen molar-refractivity contribution in [3.05, 3.63) is 53.7 Å². The van der Waals surface area contributed by atoms with Gasteiger partial charge >= 0.3 is 5.97 Å². The number of para-hydroxylation sites is 1. The summed E-state index contributed by atoms with van der Waals surface area (Å²) in [6, 6.07) is 10.3. The van der Waals surface area contributed by atoms with Crippen LogP contribution in [0.25, 0.3) is 22.0 Å². The lowest BCUT2D eigenvalue weighted by Gasteiger charge is -2.14. The van der Waals surface area contributed by atoms with Gasteiger partial charge in [0.1, 0.15) is 6.04 Å². The standard InChI is InChI=1S/C30H35N3O7/c1-17(2)13-21(31)30(36)40-12-8-11-33-16-20(19-9-6-7-10-22(19)33)26-25(28(34)32-29(26)35)18-14-23(37-3)27(39-5)24(15-18)38-4/h6-7,9-10,14-17,21H,8,11-13,31H2,1-5H3,(H,32,34,35). The van der Waals surface area contributed by atoms with Crippen molar-refractivity contribution in [3.8, 4) is 17.2 Å². The van der Waals surface area contributed by atoms with Crippen molar-refractivity contribution in [2.45, 2.75) is 39.3 Å². The first kappa shape index (κ1) is 28.7. The zero-order valence-corrected chi connectivity index (χ0v) is 23.4. The maximum Gasteiger partial charge on any atom is 0.322 e. The second-order valence-corrected chi connectivity index (χ2v) is 9.96. The molecule has 10 nitrogen and oxygen atoms in total. The lowest BCUT2D eigenvalue weighted by atomic mass is 9.95. The molecule has 3 N–H and O–H groups in total. The van der Waals surface area contributed by atoms with Crippen LogP contribution in [-0.2, 0) is 25.7 Å². The number of hydrogen-bond donors (Lipinski definition) is 2. The number of imide groups is 1. The third kappa shape index (κ3) is 5.67. The quantitative estimate of drug-likeness (QED) is 0.199. The van der Waals surface area contributed by atoms with Crippen LogP contribution >= 0.6 is 0 Å². The van der Waals surface area contributed by atoms with Crippen LogP contribution in [0.15, 0.2) is 42.6 Å². The molecule has 0 spiro atoms. The first-order chi connectivity index (χ1) is 19.2. The molecule has 2 aromatic carbocycles. The third-order valence-corrected chi connectivity index (χ3v) is 6.76. The average Bonchev–Trinajstić information content (AvgIpc) is 3.44. The minimum absolute atomic E-state index is 0.209. The highest BCUT2D eigenvalue weighted by Gasteiger charge is 2.35. The minimum Gasteiger partial charge on any atom is -0.493 e. The molecule has 1 aromatic heterocycles. The summed E-state index contributed by atoms with van der Waals surface area (Å²) in [5.74, 6) is -0.0235. The fraction of sp³-hybridized carbons (Fsp3) is 0.367. The van der Waals surface area contributed by atoms with Crippen LogP contribution in [0, 0.1) is 5.92 Å². The van der Waals surface area contributed by atoms with Crippen LogP contribution in [0.2, 0.25) is 0 Å². The molecular weight excluding hydrogens is 514 g/mol. The summed E-state index contributed by atoms with van der Waals surface area (Å²) in [4.78, 5) is 38.5. The van der Waals surface area contributed by atoms with Crippen molar-refractivity contribution in [2.24, 2.45) is 11.7 Å². The Hall–Kier alpha value is -4.31. The number of aryl methyl sites for hydroxylation is 1. The molecule has 1 aliphatic heterocycles. The number of fused-ring (bicyclic) bond motifs is 1. The fourth-order valence-electron chi connectivity index (χ4n) is 4.96. The number of carbonyl (C=O) groups is 3.